The number of rotatable bonds is 3. The third-order valence-corrected chi connectivity index (χ3v) is 4.63. The predicted octanol–water partition coefficient (Wildman–Crippen LogP) is 3.94. The zero-order valence-electron chi connectivity index (χ0n) is 12.5. The Kier molecular flexibility index (Phi) is 4.45. The van der Waals surface area contributed by atoms with E-state index >= 15 is 0 Å². The molecule has 0 amide bonds. The van der Waals surface area contributed by atoms with Gasteiger partial charge in [-0.05, 0) is 61.8 Å². The Morgan fingerprint density at radius 3 is 2.20 bits per heavy atom. The molecule has 0 bridgehead atoms. The van der Waals surface area contributed by atoms with Crippen molar-refractivity contribution in [3.8, 4) is 0 Å². The number of alkyl halides is 2. The number of aryl methyl sites for hydroxylation is 3. The van der Waals surface area contributed by atoms with Gasteiger partial charge in [0.15, 0.2) is 0 Å². The fourth-order valence-corrected chi connectivity index (χ4v) is 3.19. The zero-order chi connectivity index (χ0) is 14.9. The maximum absolute atomic E-state index is 13.3. The molecule has 2 nitrogen and oxygen atoms in total. The molecule has 1 aliphatic carbocycles. The smallest absolute Gasteiger partial charge is 0.248 e. The fourth-order valence-electron chi connectivity index (χ4n) is 3.19. The highest BCUT2D eigenvalue weighted by Crippen LogP contribution is 2.41. The molecule has 0 aliphatic heterocycles. The summed E-state index contributed by atoms with van der Waals surface area (Å²) in [5.74, 6) is 3.41. The minimum atomic E-state index is -2.49. The molecule has 0 aromatic heterocycles. The van der Waals surface area contributed by atoms with Crippen molar-refractivity contribution in [2.45, 2.75) is 58.4 Å². The lowest BCUT2D eigenvalue weighted by Crippen LogP contribution is -2.37. The molecular weight excluding hydrogens is 258 g/mol. The highest BCUT2D eigenvalue weighted by molar-refractivity contribution is 5.38. The molecule has 0 saturated heterocycles. The van der Waals surface area contributed by atoms with E-state index in [0.717, 1.165) is 5.56 Å². The van der Waals surface area contributed by atoms with Gasteiger partial charge in [-0.3, -0.25) is 11.3 Å². The molecule has 2 rings (SSSR count). The van der Waals surface area contributed by atoms with Crippen LogP contribution in [0.15, 0.2) is 12.1 Å². The van der Waals surface area contributed by atoms with Crippen LogP contribution >= 0.6 is 0 Å². The first-order valence-corrected chi connectivity index (χ1v) is 7.26. The Morgan fingerprint density at radius 2 is 1.65 bits per heavy atom. The Bertz CT molecular complexity index is 476. The van der Waals surface area contributed by atoms with E-state index in [1.54, 1.807) is 0 Å². The van der Waals surface area contributed by atoms with E-state index in [0.29, 0.717) is 12.8 Å². The lowest BCUT2D eigenvalue weighted by Gasteiger charge is -2.34. The second kappa shape index (κ2) is 5.78. The average Bonchev–Trinajstić information content (AvgIpc) is 2.38. The summed E-state index contributed by atoms with van der Waals surface area (Å²) in [7, 11) is 0. The third kappa shape index (κ3) is 3.18. The van der Waals surface area contributed by atoms with E-state index in [1.807, 2.05) is 0 Å². The van der Waals surface area contributed by atoms with Crippen LogP contribution in [0, 0.1) is 26.7 Å². The Labute approximate surface area is 119 Å². The highest BCUT2D eigenvalue weighted by Gasteiger charge is 2.38. The van der Waals surface area contributed by atoms with Gasteiger partial charge < -0.3 is 0 Å². The normalized spacial score (nSPS) is 20.9. The van der Waals surface area contributed by atoms with Crippen LogP contribution in [0.4, 0.5) is 8.78 Å². The molecule has 1 unspecified atom stereocenters. The molecular formula is C16H24F2N2. The Balaban J connectivity index is 2.23. The van der Waals surface area contributed by atoms with Gasteiger partial charge in [0.25, 0.3) is 0 Å². The van der Waals surface area contributed by atoms with Crippen molar-refractivity contribution in [3.63, 3.8) is 0 Å². The number of nitrogens with one attached hydrogen (secondary N) is 1. The largest absolute Gasteiger partial charge is 0.271 e. The van der Waals surface area contributed by atoms with Crippen molar-refractivity contribution in [2.24, 2.45) is 11.8 Å². The lowest BCUT2D eigenvalue weighted by molar-refractivity contribution is -0.0498. The molecule has 0 spiro atoms. The van der Waals surface area contributed by atoms with Crippen LogP contribution in [0.25, 0.3) is 0 Å². The van der Waals surface area contributed by atoms with E-state index in [-0.39, 0.29) is 24.8 Å². The van der Waals surface area contributed by atoms with Crippen LogP contribution in [-0.2, 0) is 0 Å². The molecule has 20 heavy (non-hydrogen) atoms. The summed E-state index contributed by atoms with van der Waals surface area (Å²) in [6, 6.07) is 4.25. The molecule has 1 aromatic carbocycles. The van der Waals surface area contributed by atoms with E-state index in [1.165, 1.54) is 16.7 Å². The maximum Gasteiger partial charge on any atom is 0.248 e. The molecule has 1 saturated carbocycles. The van der Waals surface area contributed by atoms with Crippen LogP contribution in [0.2, 0.25) is 0 Å². The van der Waals surface area contributed by atoms with Gasteiger partial charge in [-0.1, -0.05) is 12.1 Å². The zero-order valence-corrected chi connectivity index (χ0v) is 12.5. The van der Waals surface area contributed by atoms with Gasteiger partial charge in [0.2, 0.25) is 5.92 Å². The topological polar surface area (TPSA) is 38.0 Å². The first kappa shape index (κ1) is 15.4. The van der Waals surface area contributed by atoms with Gasteiger partial charge in [-0.15, -0.1) is 0 Å². The summed E-state index contributed by atoms with van der Waals surface area (Å²) in [5.41, 5.74) is 7.64. The summed E-state index contributed by atoms with van der Waals surface area (Å²) in [6.07, 6.45) is 0.988. The number of hydrogen-bond acceptors (Lipinski definition) is 2. The van der Waals surface area contributed by atoms with Gasteiger partial charge in [0, 0.05) is 18.9 Å². The Morgan fingerprint density at radius 1 is 1.10 bits per heavy atom. The number of benzene rings is 1. The standard InChI is InChI=1S/C16H24F2N2/c1-10-8-12(3)14(9-11(10)2)15(20-19)13-4-6-16(17,18)7-5-13/h8-9,13,15,20H,4-7,19H2,1-3H3. The Hall–Kier alpha value is -1.00. The molecule has 1 aromatic rings. The van der Waals surface area contributed by atoms with Gasteiger partial charge in [0.1, 0.15) is 0 Å². The quantitative estimate of drug-likeness (QED) is 0.651. The monoisotopic (exact) mass is 282 g/mol. The maximum atomic E-state index is 13.3. The highest BCUT2D eigenvalue weighted by atomic mass is 19.3. The SMILES string of the molecule is Cc1cc(C)c(C(NN)C2CCC(F)(F)CC2)cc1C. The predicted molar refractivity (Wildman–Crippen MR) is 77.6 cm³/mol. The van der Waals surface area contributed by atoms with Gasteiger partial charge in [-0.2, -0.15) is 0 Å². The number of hydrazine groups is 1. The van der Waals surface area contributed by atoms with Crippen molar-refractivity contribution in [2.75, 3.05) is 0 Å². The van der Waals surface area contributed by atoms with Crippen LogP contribution in [-0.4, -0.2) is 5.92 Å². The van der Waals surface area contributed by atoms with Gasteiger partial charge in [0.05, 0.1) is 0 Å². The molecule has 0 heterocycles. The van der Waals surface area contributed by atoms with Crippen LogP contribution < -0.4 is 11.3 Å². The van der Waals surface area contributed by atoms with Crippen LogP contribution in [0.3, 0.4) is 0 Å². The van der Waals surface area contributed by atoms with Crippen LogP contribution in [0.5, 0.6) is 0 Å². The minimum absolute atomic E-state index is 0.0280. The summed E-state index contributed by atoms with van der Waals surface area (Å²) < 4.78 is 26.6. The second-order valence-electron chi connectivity index (χ2n) is 6.13. The van der Waals surface area contributed by atoms with Crippen molar-refractivity contribution < 1.29 is 8.78 Å². The minimum Gasteiger partial charge on any atom is -0.271 e. The summed E-state index contributed by atoms with van der Waals surface area (Å²) >= 11 is 0. The van der Waals surface area contributed by atoms with Crippen LogP contribution in [0.1, 0.15) is 54.0 Å². The molecule has 4 heteroatoms. The molecule has 112 valence electrons. The molecule has 1 fully saturated rings. The van der Waals surface area contributed by atoms with E-state index < -0.39 is 5.92 Å². The van der Waals surface area contributed by atoms with E-state index in [9.17, 15) is 8.78 Å². The second-order valence-corrected chi connectivity index (χ2v) is 6.13. The molecule has 3 N–H and O–H groups in total. The van der Waals surface area contributed by atoms with Crippen molar-refractivity contribution >= 4 is 0 Å². The van der Waals surface area contributed by atoms with Gasteiger partial charge >= 0.3 is 0 Å². The fraction of sp³-hybridized carbons (Fsp3) is 0.625. The number of halogens is 2. The lowest BCUT2D eigenvalue weighted by atomic mass is 9.78. The molecule has 0 radical (unpaired) electrons. The van der Waals surface area contributed by atoms with Crippen molar-refractivity contribution in [3.05, 3.63) is 34.4 Å². The molecule has 1 aliphatic rings. The third-order valence-electron chi connectivity index (χ3n) is 4.63. The van der Waals surface area contributed by atoms with E-state index in [4.69, 9.17) is 5.84 Å². The van der Waals surface area contributed by atoms with Gasteiger partial charge in [-0.25, -0.2) is 8.78 Å². The first-order valence-electron chi connectivity index (χ1n) is 7.26. The number of nitrogens with two attached hydrogens (primary N) is 1. The number of hydrogen-bond donors (Lipinski definition) is 2. The van der Waals surface area contributed by atoms with E-state index in [2.05, 4.69) is 38.3 Å². The van der Waals surface area contributed by atoms with Crippen molar-refractivity contribution in [1.29, 1.82) is 0 Å². The summed E-state index contributed by atoms with van der Waals surface area (Å²) in [5, 5.41) is 0. The summed E-state index contributed by atoms with van der Waals surface area (Å²) in [6.45, 7) is 6.21. The summed E-state index contributed by atoms with van der Waals surface area (Å²) in [4.78, 5) is 0. The average molecular weight is 282 g/mol. The molecule has 1 atom stereocenters. The van der Waals surface area contributed by atoms with Crippen molar-refractivity contribution in [1.82, 2.24) is 5.43 Å². The first-order chi connectivity index (χ1) is 9.34.